The summed E-state index contributed by atoms with van der Waals surface area (Å²) in [5, 5.41) is 18.9. The van der Waals surface area contributed by atoms with Crippen LogP contribution in [0.15, 0.2) is 42.5 Å². The zero-order chi connectivity index (χ0) is 13.1. The Bertz CT molecular complexity index is 597. The van der Waals surface area contributed by atoms with Crippen molar-refractivity contribution in [3.63, 3.8) is 0 Å². The molecule has 92 valence electrons. The number of nitrogens with two attached hydrogens (primary N) is 1. The molecule has 5 nitrogen and oxygen atoms in total. The van der Waals surface area contributed by atoms with Crippen molar-refractivity contribution in [3.05, 3.63) is 48.0 Å². The van der Waals surface area contributed by atoms with Gasteiger partial charge in [0.1, 0.15) is 5.75 Å². The van der Waals surface area contributed by atoms with E-state index in [1.165, 1.54) is 12.1 Å². The highest BCUT2D eigenvalue weighted by molar-refractivity contribution is 5.97. The number of rotatable bonds is 3. The predicted molar refractivity (Wildman–Crippen MR) is 68.3 cm³/mol. The van der Waals surface area contributed by atoms with Gasteiger partial charge in [-0.15, -0.1) is 0 Å². The second kappa shape index (κ2) is 4.77. The molecule has 5 heteroatoms. The molecule has 0 spiro atoms. The van der Waals surface area contributed by atoms with Crippen molar-refractivity contribution >= 4 is 11.7 Å². The van der Waals surface area contributed by atoms with Crippen molar-refractivity contribution in [3.8, 4) is 16.9 Å². The predicted octanol–water partition coefficient (Wildman–Crippen LogP) is 2.04. The van der Waals surface area contributed by atoms with Crippen molar-refractivity contribution < 1.29 is 15.0 Å². The van der Waals surface area contributed by atoms with Gasteiger partial charge in [-0.1, -0.05) is 18.2 Å². The molecule has 0 saturated heterocycles. The van der Waals surface area contributed by atoms with Crippen LogP contribution < -0.4 is 11.3 Å². The lowest BCUT2D eigenvalue weighted by Gasteiger charge is -2.10. The van der Waals surface area contributed by atoms with Crippen molar-refractivity contribution in [2.45, 2.75) is 0 Å². The van der Waals surface area contributed by atoms with Crippen LogP contribution in [0.5, 0.6) is 5.75 Å². The molecular weight excluding hydrogens is 232 g/mol. The smallest absolute Gasteiger partial charge is 0.336 e. The number of anilines is 1. The number of carbonyl (C=O) groups is 1. The van der Waals surface area contributed by atoms with Crippen LogP contribution >= 0.6 is 0 Å². The molecule has 5 N–H and O–H groups in total. The van der Waals surface area contributed by atoms with Gasteiger partial charge < -0.3 is 15.6 Å². The lowest BCUT2D eigenvalue weighted by atomic mass is 9.98. The number of hydrogen-bond donors (Lipinski definition) is 4. The fourth-order valence-electron chi connectivity index (χ4n) is 1.74. The summed E-state index contributed by atoms with van der Waals surface area (Å²) >= 11 is 0. The van der Waals surface area contributed by atoms with Gasteiger partial charge in [-0.25, -0.2) is 4.79 Å². The maximum atomic E-state index is 11.2. The number of carboxylic acids is 1. The van der Waals surface area contributed by atoms with Crippen LogP contribution in [-0.4, -0.2) is 16.2 Å². The minimum Gasteiger partial charge on any atom is -0.507 e. The minimum atomic E-state index is -1.06. The van der Waals surface area contributed by atoms with E-state index in [0.29, 0.717) is 16.8 Å². The molecular formula is C13H12N2O3. The third-order valence-electron chi connectivity index (χ3n) is 2.61. The standard InChI is InChI=1S/C13H12N2O3/c14-15-8-5-6-10(13(17)18)11(7-8)9-3-1-2-4-12(9)16/h1-7,15-16H,14H2,(H,17,18). The average molecular weight is 244 g/mol. The maximum absolute atomic E-state index is 11.2. The zero-order valence-corrected chi connectivity index (χ0v) is 9.42. The molecule has 0 radical (unpaired) electrons. The molecule has 18 heavy (non-hydrogen) atoms. The SMILES string of the molecule is NNc1ccc(C(=O)O)c(-c2ccccc2O)c1. The van der Waals surface area contributed by atoms with Gasteiger partial charge in [0.25, 0.3) is 0 Å². The average Bonchev–Trinajstić information content (AvgIpc) is 2.38. The molecule has 0 aliphatic carbocycles. The van der Waals surface area contributed by atoms with E-state index in [9.17, 15) is 9.90 Å². The Morgan fingerprint density at radius 2 is 1.83 bits per heavy atom. The number of para-hydroxylation sites is 1. The number of hydrazine groups is 1. The van der Waals surface area contributed by atoms with Gasteiger partial charge in [-0.3, -0.25) is 5.84 Å². The lowest BCUT2D eigenvalue weighted by molar-refractivity contribution is 0.0698. The van der Waals surface area contributed by atoms with Crippen LogP contribution in [0.4, 0.5) is 5.69 Å². The van der Waals surface area contributed by atoms with Gasteiger partial charge in [0.15, 0.2) is 0 Å². The Hall–Kier alpha value is -2.53. The second-order valence-electron chi connectivity index (χ2n) is 3.73. The monoisotopic (exact) mass is 244 g/mol. The number of hydrogen-bond acceptors (Lipinski definition) is 4. The fraction of sp³-hybridized carbons (Fsp3) is 0. The summed E-state index contributed by atoms with van der Waals surface area (Å²) < 4.78 is 0. The summed E-state index contributed by atoms with van der Waals surface area (Å²) in [6.07, 6.45) is 0. The summed E-state index contributed by atoms with van der Waals surface area (Å²) in [5.74, 6) is 4.26. The van der Waals surface area contributed by atoms with E-state index < -0.39 is 5.97 Å². The van der Waals surface area contributed by atoms with E-state index in [1.54, 1.807) is 30.3 Å². The van der Waals surface area contributed by atoms with Gasteiger partial charge in [0.05, 0.1) is 5.56 Å². The first-order valence-corrected chi connectivity index (χ1v) is 5.26. The van der Waals surface area contributed by atoms with Crippen molar-refractivity contribution in [1.29, 1.82) is 0 Å². The number of phenols is 1. The van der Waals surface area contributed by atoms with Crippen LogP contribution in [0.25, 0.3) is 11.1 Å². The summed E-state index contributed by atoms with van der Waals surface area (Å²) in [5.41, 5.74) is 3.99. The molecule has 2 aromatic rings. The van der Waals surface area contributed by atoms with Crippen LogP contribution in [0.3, 0.4) is 0 Å². The quantitative estimate of drug-likeness (QED) is 0.489. The van der Waals surface area contributed by atoms with E-state index >= 15 is 0 Å². The van der Waals surface area contributed by atoms with E-state index in [4.69, 9.17) is 10.9 Å². The van der Waals surface area contributed by atoms with Gasteiger partial charge in [0, 0.05) is 16.8 Å². The minimum absolute atomic E-state index is 0.0224. The molecule has 0 aliphatic rings. The molecule has 0 aliphatic heterocycles. The molecule has 0 aromatic heterocycles. The molecule has 0 fully saturated rings. The lowest BCUT2D eigenvalue weighted by Crippen LogP contribution is -2.08. The first-order valence-electron chi connectivity index (χ1n) is 5.26. The largest absolute Gasteiger partial charge is 0.507 e. The molecule has 0 amide bonds. The Balaban J connectivity index is 2.68. The molecule has 0 unspecified atom stereocenters. The summed E-state index contributed by atoms with van der Waals surface area (Å²) in [6.45, 7) is 0. The molecule has 2 rings (SSSR count). The zero-order valence-electron chi connectivity index (χ0n) is 9.42. The van der Waals surface area contributed by atoms with E-state index in [2.05, 4.69) is 5.43 Å². The number of benzene rings is 2. The fourth-order valence-corrected chi connectivity index (χ4v) is 1.74. The summed E-state index contributed by atoms with van der Waals surface area (Å²) in [6, 6.07) is 11.1. The highest BCUT2D eigenvalue weighted by Crippen LogP contribution is 2.33. The van der Waals surface area contributed by atoms with Crippen molar-refractivity contribution in [1.82, 2.24) is 0 Å². The summed E-state index contributed by atoms with van der Waals surface area (Å²) in [4.78, 5) is 11.2. The first-order chi connectivity index (χ1) is 8.63. The van der Waals surface area contributed by atoms with E-state index in [0.717, 1.165) is 0 Å². The van der Waals surface area contributed by atoms with E-state index in [1.807, 2.05) is 0 Å². The molecule has 2 aromatic carbocycles. The number of nitrogens with one attached hydrogen (secondary N) is 1. The Morgan fingerprint density at radius 1 is 1.11 bits per heavy atom. The highest BCUT2D eigenvalue weighted by atomic mass is 16.4. The van der Waals surface area contributed by atoms with Crippen LogP contribution in [0.1, 0.15) is 10.4 Å². The van der Waals surface area contributed by atoms with Gasteiger partial charge in [0.2, 0.25) is 0 Å². The van der Waals surface area contributed by atoms with Gasteiger partial charge >= 0.3 is 5.97 Å². The number of nitrogen functional groups attached to an aromatic ring is 1. The Labute approximate surface area is 103 Å². The third kappa shape index (κ3) is 2.11. The van der Waals surface area contributed by atoms with Crippen LogP contribution in [-0.2, 0) is 0 Å². The topological polar surface area (TPSA) is 95.6 Å². The summed E-state index contributed by atoms with van der Waals surface area (Å²) in [7, 11) is 0. The maximum Gasteiger partial charge on any atom is 0.336 e. The number of carboxylic acid groups (broad SMARTS) is 1. The van der Waals surface area contributed by atoms with Crippen molar-refractivity contribution in [2.24, 2.45) is 5.84 Å². The Kier molecular flexibility index (Phi) is 3.16. The molecule has 0 bridgehead atoms. The molecule has 0 heterocycles. The molecule has 0 saturated carbocycles. The third-order valence-corrected chi connectivity index (χ3v) is 2.61. The number of phenolic OH excluding ortho intramolecular Hbond substituents is 1. The van der Waals surface area contributed by atoms with E-state index in [-0.39, 0.29) is 11.3 Å². The van der Waals surface area contributed by atoms with Crippen LogP contribution in [0.2, 0.25) is 0 Å². The first kappa shape index (κ1) is 11.9. The normalized spacial score (nSPS) is 10.1. The molecule has 0 atom stereocenters. The highest BCUT2D eigenvalue weighted by Gasteiger charge is 2.14. The number of aromatic hydroxyl groups is 1. The van der Waals surface area contributed by atoms with Crippen LogP contribution in [0, 0.1) is 0 Å². The second-order valence-corrected chi connectivity index (χ2v) is 3.73. The van der Waals surface area contributed by atoms with Gasteiger partial charge in [-0.2, -0.15) is 0 Å². The van der Waals surface area contributed by atoms with Gasteiger partial charge in [-0.05, 0) is 24.3 Å². The number of aromatic carboxylic acids is 1. The Morgan fingerprint density at radius 3 is 2.44 bits per heavy atom. The van der Waals surface area contributed by atoms with Crippen molar-refractivity contribution in [2.75, 3.05) is 5.43 Å².